The molecule has 0 radical (unpaired) electrons. The van der Waals surface area contributed by atoms with Crippen molar-refractivity contribution in [3.8, 4) is 0 Å². The summed E-state index contributed by atoms with van der Waals surface area (Å²) < 4.78 is 2.78. The Morgan fingerprint density at radius 3 is 2.65 bits per heavy atom. The predicted molar refractivity (Wildman–Crippen MR) is 72.2 cm³/mol. The third-order valence-corrected chi connectivity index (χ3v) is 3.39. The van der Waals surface area contributed by atoms with Crippen LogP contribution in [0.25, 0.3) is 5.65 Å². The molecule has 0 aromatic carbocycles. The lowest BCUT2D eigenvalue weighted by Crippen LogP contribution is -2.15. The number of rotatable bonds is 2. The molecule has 0 amide bonds. The average Bonchev–Trinajstić information content (AvgIpc) is 2.55. The molecule has 4 nitrogen and oxygen atoms in total. The highest BCUT2D eigenvalue weighted by Gasteiger charge is 2.18. The summed E-state index contributed by atoms with van der Waals surface area (Å²) in [7, 11) is 1.91. The Balaban J connectivity index is 2.57. The van der Waals surface area contributed by atoms with Crippen LogP contribution in [0.2, 0.25) is 0 Å². The molecule has 5 heteroatoms. The summed E-state index contributed by atoms with van der Waals surface area (Å²) in [5.74, 6) is 0. The van der Waals surface area contributed by atoms with Crippen molar-refractivity contribution in [2.24, 2.45) is 0 Å². The number of halogens is 1. The fourth-order valence-electron chi connectivity index (χ4n) is 1.63. The molecule has 2 aromatic heterocycles. The van der Waals surface area contributed by atoms with E-state index in [0.717, 1.165) is 28.2 Å². The Morgan fingerprint density at radius 2 is 2.06 bits per heavy atom. The minimum atomic E-state index is 0.0427. The Morgan fingerprint density at radius 1 is 1.35 bits per heavy atom. The third-order valence-electron chi connectivity index (χ3n) is 2.60. The second kappa shape index (κ2) is 4.38. The average molecular weight is 297 g/mol. The summed E-state index contributed by atoms with van der Waals surface area (Å²) in [6.45, 7) is 7.19. The van der Waals surface area contributed by atoms with Gasteiger partial charge in [0.25, 0.3) is 0 Å². The SMILES string of the molecule is CNCc1nc2ccc(C(C)(C)C)nn2c1Br. The van der Waals surface area contributed by atoms with Gasteiger partial charge in [0, 0.05) is 12.0 Å². The van der Waals surface area contributed by atoms with Gasteiger partial charge in [-0.05, 0) is 35.1 Å². The van der Waals surface area contributed by atoms with Crippen LogP contribution >= 0.6 is 15.9 Å². The molecule has 0 aliphatic carbocycles. The van der Waals surface area contributed by atoms with E-state index in [9.17, 15) is 0 Å². The monoisotopic (exact) mass is 296 g/mol. The van der Waals surface area contributed by atoms with Crippen molar-refractivity contribution in [2.45, 2.75) is 32.7 Å². The standard InChI is InChI=1S/C12H17BrN4/c1-12(2,3)9-5-6-10-15-8(7-14-4)11(13)17(10)16-9/h5-6,14H,7H2,1-4H3. The van der Waals surface area contributed by atoms with E-state index >= 15 is 0 Å². The van der Waals surface area contributed by atoms with Crippen LogP contribution in [0.1, 0.15) is 32.2 Å². The van der Waals surface area contributed by atoms with Gasteiger partial charge in [0.1, 0.15) is 4.60 Å². The zero-order chi connectivity index (χ0) is 12.6. The molecule has 0 atom stereocenters. The van der Waals surface area contributed by atoms with Gasteiger partial charge in [-0.2, -0.15) is 5.10 Å². The number of imidazole rings is 1. The highest BCUT2D eigenvalue weighted by Crippen LogP contribution is 2.23. The van der Waals surface area contributed by atoms with Crippen molar-refractivity contribution in [1.82, 2.24) is 19.9 Å². The first-order valence-corrected chi connectivity index (χ1v) is 6.42. The lowest BCUT2D eigenvalue weighted by molar-refractivity contribution is 0.553. The maximum Gasteiger partial charge on any atom is 0.155 e. The molecule has 2 rings (SSSR count). The highest BCUT2D eigenvalue weighted by atomic mass is 79.9. The second-order valence-electron chi connectivity index (χ2n) is 5.12. The quantitative estimate of drug-likeness (QED) is 0.926. The maximum atomic E-state index is 4.63. The first-order chi connectivity index (χ1) is 7.93. The molecule has 0 spiro atoms. The van der Waals surface area contributed by atoms with Gasteiger partial charge < -0.3 is 5.32 Å². The number of nitrogens with zero attached hydrogens (tertiary/aromatic N) is 3. The Bertz CT molecular complexity index is 539. The second-order valence-corrected chi connectivity index (χ2v) is 5.87. The molecule has 0 aliphatic rings. The van der Waals surface area contributed by atoms with Crippen LogP contribution in [0.4, 0.5) is 0 Å². The van der Waals surface area contributed by atoms with Gasteiger partial charge in [0.05, 0.1) is 11.4 Å². The Labute approximate surface area is 110 Å². The van der Waals surface area contributed by atoms with Gasteiger partial charge in [-0.1, -0.05) is 20.8 Å². The number of aromatic nitrogens is 3. The fraction of sp³-hybridized carbons (Fsp3) is 0.500. The van der Waals surface area contributed by atoms with Crippen molar-refractivity contribution in [3.63, 3.8) is 0 Å². The minimum Gasteiger partial charge on any atom is -0.314 e. The molecule has 0 bridgehead atoms. The van der Waals surface area contributed by atoms with Gasteiger partial charge in [-0.3, -0.25) is 0 Å². The number of nitrogens with one attached hydrogen (secondary N) is 1. The number of hydrogen-bond acceptors (Lipinski definition) is 3. The van der Waals surface area contributed by atoms with Gasteiger partial charge in [0.15, 0.2) is 5.65 Å². The first-order valence-electron chi connectivity index (χ1n) is 5.62. The van der Waals surface area contributed by atoms with Gasteiger partial charge >= 0.3 is 0 Å². The van der Waals surface area contributed by atoms with Crippen molar-refractivity contribution in [3.05, 3.63) is 28.1 Å². The van der Waals surface area contributed by atoms with Crippen molar-refractivity contribution in [2.75, 3.05) is 7.05 Å². The van der Waals surface area contributed by atoms with Crippen LogP contribution in [0.5, 0.6) is 0 Å². The van der Waals surface area contributed by atoms with E-state index in [0.29, 0.717) is 0 Å². The van der Waals surface area contributed by atoms with Crippen LogP contribution < -0.4 is 5.32 Å². The Kier molecular flexibility index (Phi) is 3.23. The van der Waals surface area contributed by atoms with Crippen LogP contribution in [-0.4, -0.2) is 21.6 Å². The van der Waals surface area contributed by atoms with Crippen LogP contribution in [0.3, 0.4) is 0 Å². The number of hydrogen-bond donors (Lipinski definition) is 1. The molecule has 0 unspecified atom stereocenters. The topological polar surface area (TPSA) is 42.2 Å². The number of fused-ring (bicyclic) bond motifs is 1. The summed E-state index contributed by atoms with van der Waals surface area (Å²) >= 11 is 3.55. The summed E-state index contributed by atoms with van der Waals surface area (Å²) in [6.07, 6.45) is 0. The van der Waals surface area contributed by atoms with Crippen LogP contribution in [0, 0.1) is 0 Å². The van der Waals surface area contributed by atoms with Crippen molar-refractivity contribution >= 4 is 21.6 Å². The highest BCUT2D eigenvalue weighted by molar-refractivity contribution is 9.10. The fourth-order valence-corrected chi connectivity index (χ4v) is 2.12. The van der Waals surface area contributed by atoms with Crippen LogP contribution in [0.15, 0.2) is 16.7 Å². The minimum absolute atomic E-state index is 0.0427. The third kappa shape index (κ3) is 2.35. The zero-order valence-corrected chi connectivity index (χ0v) is 12.2. The van der Waals surface area contributed by atoms with E-state index in [1.165, 1.54) is 0 Å². The Hall–Kier alpha value is -0.940. The van der Waals surface area contributed by atoms with E-state index in [2.05, 4.69) is 52.1 Å². The molecule has 0 fully saturated rings. The molecule has 92 valence electrons. The van der Waals surface area contributed by atoms with E-state index < -0.39 is 0 Å². The van der Waals surface area contributed by atoms with E-state index in [1.807, 2.05) is 23.7 Å². The molecule has 2 heterocycles. The molecule has 0 saturated carbocycles. The van der Waals surface area contributed by atoms with Gasteiger partial charge in [-0.25, -0.2) is 9.50 Å². The van der Waals surface area contributed by atoms with Crippen molar-refractivity contribution < 1.29 is 0 Å². The molecule has 0 saturated heterocycles. The van der Waals surface area contributed by atoms with E-state index in [4.69, 9.17) is 0 Å². The lowest BCUT2D eigenvalue weighted by atomic mass is 9.92. The van der Waals surface area contributed by atoms with Crippen LogP contribution in [-0.2, 0) is 12.0 Å². The smallest absolute Gasteiger partial charge is 0.155 e. The summed E-state index contributed by atoms with van der Waals surface area (Å²) in [4.78, 5) is 4.52. The maximum absolute atomic E-state index is 4.63. The van der Waals surface area contributed by atoms with E-state index in [-0.39, 0.29) is 5.41 Å². The molecular formula is C12H17BrN4. The zero-order valence-electron chi connectivity index (χ0n) is 10.6. The molecular weight excluding hydrogens is 280 g/mol. The largest absolute Gasteiger partial charge is 0.314 e. The molecule has 1 N–H and O–H groups in total. The predicted octanol–water partition coefficient (Wildman–Crippen LogP) is 2.51. The lowest BCUT2D eigenvalue weighted by Gasteiger charge is -2.17. The summed E-state index contributed by atoms with van der Waals surface area (Å²) in [5, 5.41) is 7.73. The molecule has 17 heavy (non-hydrogen) atoms. The normalized spacial score (nSPS) is 12.3. The summed E-state index contributed by atoms with van der Waals surface area (Å²) in [5.41, 5.74) is 2.95. The van der Waals surface area contributed by atoms with Gasteiger partial charge in [0.2, 0.25) is 0 Å². The molecule has 2 aromatic rings. The first kappa shape index (κ1) is 12.5. The molecule has 0 aliphatic heterocycles. The van der Waals surface area contributed by atoms with E-state index in [1.54, 1.807) is 0 Å². The van der Waals surface area contributed by atoms with Crippen molar-refractivity contribution in [1.29, 1.82) is 0 Å². The van der Waals surface area contributed by atoms with Gasteiger partial charge in [-0.15, -0.1) is 0 Å². The summed E-state index contributed by atoms with van der Waals surface area (Å²) in [6, 6.07) is 4.05.